The molecule has 0 aliphatic heterocycles. The molecule has 2 rings (SSSR count). The fraction of sp³-hybridized carbons (Fsp3) is 0.333. The molecule has 2 aliphatic rings. The predicted octanol–water partition coefficient (Wildman–Crippen LogP) is 4.03. The Morgan fingerprint density at radius 1 is 1.14 bits per heavy atom. The van der Waals surface area contributed by atoms with Gasteiger partial charge in [0.05, 0.1) is 0 Å². The fourth-order valence-electron chi connectivity index (χ4n) is 2.17. The van der Waals surface area contributed by atoms with Gasteiger partial charge in [0.2, 0.25) is 0 Å². The van der Waals surface area contributed by atoms with Crippen LogP contribution >= 0.6 is 0 Å². The third-order valence-electron chi connectivity index (χ3n) is 3.59. The lowest BCUT2D eigenvalue weighted by atomic mass is 10.0. The molecule has 0 N–H and O–H groups in total. The number of aryl methyl sites for hydroxylation is 1. The van der Waals surface area contributed by atoms with E-state index in [-0.39, 0.29) is 5.78 Å². The van der Waals surface area contributed by atoms with E-state index >= 15 is 0 Å². The van der Waals surface area contributed by atoms with Gasteiger partial charge in [0.25, 0.3) is 0 Å². The van der Waals surface area contributed by atoms with Crippen molar-refractivity contribution in [3.63, 3.8) is 0 Å². The van der Waals surface area contributed by atoms with Crippen LogP contribution in [-0.2, 0) is 0 Å². The molecule has 0 radical (unpaired) electrons. The first-order chi connectivity index (χ1) is 9.70. The summed E-state index contributed by atoms with van der Waals surface area (Å²) in [5.41, 5.74) is 4.10. The molecule has 0 unspecified atom stereocenters. The largest absolute Gasteiger partial charge is 0.623 e. The first-order valence-electron chi connectivity index (χ1n) is 7.06. The third kappa shape index (κ3) is 3.13. The monoisotopic (exact) mass is 283 g/mol. The van der Waals surface area contributed by atoms with Gasteiger partial charge >= 0.3 is 0 Å². The lowest BCUT2D eigenvalue weighted by Crippen LogP contribution is -2.29. The van der Waals surface area contributed by atoms with Gasteiger partial charge in [-0.3, -0.25) is 4.79 Å². The zero-order valence-electron chi connectivity index (χ0n) is 13.2. The van der Waals surface area contributed by atoms with Crippen molar-refractivity contribution in [3.05, 3.63) is 52.2 Å². The number of carbonyl (C=O) groups is 1. The number of Topliss-reactive ketones (excluding diaryl/α,β-unsaturated/α-hetero) is 1. The van der Waals surface area contributed by atoms with Crippen LogP contribution in [0.2, 0.25) is 0 Å². The van der Waals surface area contributed by atoms with E-state index in [0.717, 1.165) is 27.0 Å². The van der Waals surface area contributed by atoms with Gasteiger partial charge in [0.15, 0.2) is 17.5 Å². The smallest absolute Gasteiger partial charge is 0.182 e. The maximum absolute atomic E-state index is 12.2. The Bertz CT molecular complexity index is 693. The van der Waals surface area contributed by atoms with Crippen molar-refractivity contribution in [2.75, 3.05) is 0 Å². The number of fused-ring (bicyclic) bond motifs is 1. The second kappa shape index (κ2) is 5.32. The summed E-state index contributed by atoms with van der Waals surface area (Å²) in [6.45, 7) is 9.17. The summed E-state index contributed by atoms with van der Waals surface area (Å²) in [4.78, 5) is 11.7. The Balaban J connectivity index is 2.65. The highest BCUT2D eigenvalue weighted by Crippen LogP contribution is 2.30. The van der Waals surface area contributed by atoms with Crippen LogP contribution in [0, 0.1) is 12.1 Å². The van der Waals surface area contributed by atoms with Crippen LogP contribution in [-0.4, -0.2) is 22.3 Å². The van der Waals surface area contributed by atoms with Gasteiger partial charge in [-0.15, -0.1) is 0 Å². The van der Waals surface area contributed by atoms with Gasteiger partial charge in [0, 0.05) is 31.9 Å². The van der Waals surface area contributed by atoms with Crippen LogP contribution in [0.3, 0.4) is 0 Å². The molecule has 2 aliphatic carbocycles. The predicted molar refractivity (Wildman–Crippen MR) is 86.4 cm³/mol. The Morgan fingerprint density at radius 2 is 1.81 bits per heavy atom. The van der Waals surface area contributed by atoms with E-state index in [1.54, 1.807) is 13.1 Å². The lowest BCUT2D eigenvalue weighted by molar-refractivity contribution is -0.530. The number of ketones is 1. The average Bonchev–Trinajstić information content (AvgIpc) is 2.67. The van der Waals surface area contributed by atoms with Gasteiger partial charge in [-0.2, -0.15) is 0 Å². The Kier molecular flexibility index (Phi) is 3.86. The molecule has 0 spiro atoms. The Hall–Kier alpha value is -2.16. The van der Waals surface area contributed by atoms with E-state index in [0.29, 0.717) is 5.56 Å². The van der Waals surface area contributed by atoms with E-state index < -0.39 is 5.54 Å². The van der Waals surface area contributed by atoms with E-state index in [1.807, 2.05) is 58.0 Å². The number of nitrogens with zero attached hydrogens (tertiary/aromatic N) is 1. The minimum Gasteiger partial charge on any atom is -0.623 e. The molecule has 0 saturated carbocycles. The number of carbonyl (C=O) groups excluding carboxylic acids is 1. The molecule has 0 saturated heterocycles. The molecular weight excluding hydrogens is 262 g/mol. The highest BCUT2D eigenvalue weighted by molar-refractivity contribution is 5.98. The van der Waals surface area contributed by atoms with Crippen molar-refractivity contribution < 1.29 is 9.53 Å². The molecule has 21 heavy (non-hydrogen) atoms. The van der Waals surface area contributed by atoms with E-state index in [1.165, 1.54) is 0 Å². The van der Waals surface area contributed by atoms with Gasteiger partial charge in [-0.25, -0.2) is 4.74 Å². The van der Waals surface area contributed by atoms with Crippen LogP contribution in [0.5, 0.6) is 0 Å². The highest BCUT2D eigenvalue weighted by Gasteiger charge is 2.20. The standard InChI is InChI=1S/C18H21NO2/c1-12-6-7-14(13(2)20)10-17-15(8-9-16(12)17)11-19(21)18(3,4)5/h6-11H,1-5H3. The van der Waals surface area contributed by atoms with Crippen LogP contribution in [0.15, 0.2) is 30.3 Å². The van der Waals surface area contributed by atoms with Gasteiger partial charge in [-0.05, 0) is 42.7 Å². The SMILES string of the molecule is CC(=O)c1ccc(C)c2ccc(C=[N+]([O-])C(C)(C)C)c-2c1. The molecule has 0 aromatic rings. The normalized spacial score (nSPS) is 12.7. The molecule has 3 heteroatoms. The highest BCUT2D eigenvalue weighted by atomic mass is 16.5. The molecule has 3 nitrogen and oxygen atoms in total. The number of hydroxylamine groups is 1. The van der Waals surface area contributed by atoms with Crippen molar-refractivity contribution in [2.24, 2.45) is 0 Å². The second-order valence-corrected chi connectivity index (χ2v) is 6.41. The van der Waals surface area contributed by atoms with Crippen molar-refractivity contribution in [1.29, 1.82) is 0 Å². The molecule has 110 valence electrons. The topological polar surface area (TPSA) is 43.1 Å². The van der Waals surface area contributed by atoms with Crippen molar-refractivity contribution in [1.82, 2.24) is 0 Å². The number of hydrogen-bond donors (Lipinski definition) is 0. The summed E-state index contributed by atoms with van der Waals surface area (Å²) in [7, 11) is 0. The van der Waals surface area contributed by atoms with Crippen LogP contribution < -0.4 is 0 Å². The van der Waals surface area contributed by atoms with Crippen molar-refractivity contribution >= 4 is 12.0 Å². The Morgan fingerprint density at radius 3 is 2.38 bits per heavy atom. The van der Waals surface area contributed by atoms with Crippen LogP contribution in [0.25, 0.3) is 11.1 Å². The summed E-state index contributed by atoms with van der Waals surface area (Å²) in [6.07, 6.45) is 1.60. The first-order valence-corrected chi connectivity index (χ1v) is 7.06. The zero-order valence-corrected chi connectivity index (χ0v) is 13.2. The maximum atomic E-state index is 12.2. The van der Waals surface area contributed by atoms with Crippen molar-refractivity contribution in [2.45, 2.75) is 40.2 Å². The Labute approximate surface area is 125 Å². The molecule has 0 bridgehead atoms. The minimum atomic E-state index is -0.487. The summed E-state index contributed by atoms with van der Waals surface area (Å²) >= 11 is 0. The summed E-state index contributed by atoms with van der Waals surface area (Å²) < 4.78 is 0.956. The van der Waals surface area contributed by atoms with Gasteiger partial charge in [-0.1, -0.05) is 18.2 Å². The zero-order chi connectivity index (χ0) is 15.8. The molecule has 0 heterocycles. The van der Waals surface area contributed by atoms with E-state index in [2.05, 4.69) is 0 Å². The first kappa shape index (κ1) is 15.2. The summed E-state index contributed by atoms with van der Waals surface area (Å²) in [6, 6.07) is 9.57. The van der Waals surface area contributed by atoms with Gasteiger partial charge in [0.1, 0.15) is 0 Å². The summed E-state index contributed by atoms with van der Waals surface area (Å²) in [5.74, 6) is 0.0221. The van der Waals surface area contributed by atoms with Crippen LogP contribution in [0.1, 0.15) is 49.2 Å². The number of rotatable bonds is 2. The molecule has 0 aromatic heterocycles. The molecule has 0 aromatic carbocycles. The second-order valence-electron chi connectivity index (χ2n) is 6.41. The fourth-order valence-corrected chi connectivity index (χ4v) is 2.17. The summed E-state index contributed by atoms with van der Waals surface area (Å²) in [5, 5.41) is 12.2. The minimum absolute atomic E-state index is 0.0221. The maximum Gasteiger partial charge on any atom is 0.182 e. The van der Waals surface area contributed by atoms with Crippen LogP contribution in [0.4, 0.5) is 0 Å². The van der Waals surface area contributed by atoms with E-state index in [9.17, 15) is 10.0 Å². The number of hydrogen-bond acceptors (Lipinski definition) is 2. The molecule has 0 amide bonds. The van der Waals surface area contributed by atoms with E-state index in [4.69, 9.17) is 0 Å². The van der Waals surface area contributed by atoms with Crippen molar-refractivity contribution in [3.8, 4) is 11.1 Å². The lowest BCUT2D eigenvalue weighted by Gasteiger charge is -2.18. The quantitative estimate of drug-likeness (QED) is 0.274. The third-order valence-corrected chi connectivity index (χ3v) is 3.59. The molecule has 0 fully saturated rings. The average molecular weight is 283 g/mol. The molecule has 0 atom stereocenters. The van der Waals surface area contributed by atoms with Gasteiger partial charge < -0.3 is 5.21 Å². The molecular formula is C18H21NO2.